The van der Waals surface area contributed by atoms with Crippen molar-refractivity contribution >= 4 is 27.3 Å². The summed E-state index contributed by atoms with van der Waals surface area (Å²) in [6.45, 7) is 0. The van der Waals surface area contributed by atoms with Crippen LogP contribution in [0.1, 0.15) is 0 Å². The van der Waals surface area contributed by atoms with Crippen LogP contribution in [0.5, 0.6) is 0 Å². The van der Waals surface area contributed by atoms with Gasteiger partial charge >= 0.3 is 0 Å². The molecule has 0 saturated heterocycles. The normalized spacial score (nSPS) is 10.5. The number of thiophene rings is 1. The van der Waals surface area contributed by atoms with Gasteiger partial charge in [-0.25, -0.2) is 4.98 Å². The topological polar surface area (TPSA) is 30.7 Å². The molecule has 0 unspecified atom stereocenters. The Morgan fingerprint density at radius 2 is 2.33 bits per heavy atom. The monoisotopic (exact) mass is 243 g/mol. The molecule has 0 atom stereocenters. The Bertz CT molecular complexity index is 355. The van der Waals surface area contributed by atoms with E-state index in [-0.39, 0.29) is 0 Å². The van der Waals surface area contributed by atoms with Crippen molar-refractivity contribution in [1.82, 2.24) is 14.8 Å². The Kier molecular flexibility index (Phi) is 1.98. The molecule has 2 heterocycles. The molecule has 2 rings (SSSR count). The fraction of sp³-hybridized carbons (Fsp3) is 0.143. The first-order valence-electron chi connectivity index (χ1n) is 3.37. The minimum Gasteiger partial charge on any atom is -0.255 e. The van der Waals surface area contributed by atoms with Gasteiger partial charge in [0.1, 0.15) is 6.33 Å². The number of halogens is 1. The van der Waals surface area contributed by atoms with Crippen LogP contribution in [0.4, 0.5) is 0 Å². The summed E-state index contributed by atoms with van der Waals surface area (Å²) < 4.78 is 2.80. The Hall–Kier alpha value is -0.680. The van der Waals surface area contributed by atoms with Gasteiger partial charge in [0, 0.05) is 7.05 Å². The molecule has 0 spiro atoms. The summed E-state index contributed by atoms with van der Waals surface area (Å²) in [6, 6.07) is 4.00. The number of rotatable bonds is 1. The van der Waals surface area contributed by atoms with Crippen molar-refractivity contribution in [3.05, 3.63) is 22.2 Å². The molecule has 5 heteroatoms. The van der Waals surface area contributed by atoms with Gasteiger partial charge in [-0.1, -0.05) is 0 Å². The molecule has 0 aliphatic rings. The average molecular weight is 244 g/mol. The highest BCUT2D eigenvalue weighted by atomic mass is 79.9. The average Bonchev–Trinajstić information content (AvgIpc) is 2.58. The van der Waals surface area contributed by atoms with Gasteiger partial charge in [-0.3, -0.25) is 4.68 Å². The first-order valence-corrected chi connectivity index (χ1v) is 4.98. The van der Waals surface area contributed by atoms with Crippen LogP contribution >= 0.6 is 27.3 Å². The minimum atomic E-state index is 0.785. The molecule has 2 aromatic heterocycles. The van der Waals surface area contributed by atoms with Crippen molar-refractivity contribution in [1.29, 1.82) is 0 Å². The third-order valence-electron chi connectivity index (χ3n) is 1.39. The van der Waals surface area contributed by atoms with E-state index in [1.165, 1.54) is 0 Å². The van der Waals surface area contributed by atoms with Gasteiger partial charge < -0.3 is 0 Å². The zero-order valence-corrected chi connectivity index (χ0v) is 8.76. The zero-order chi connectivity index (χ0) is 8.55. The molecule has 0 fully saturated rings. The molecule has 0 aliphatic carbocycles. The molecule has 0 N–H and O–H groups in total. The van der Waals surface area contributed by atoms with E-state index in [1.54, 1.807) is 22.3 Å². The fourth-order valence-corrected chi connectivity index (χ4v) is 2.21. The maximum atomic E-state index is 4.19. The van der Waals surface area contributed by atoms with Crippen LogP contribution < -0.4 is 0 Å². The highest BCUT2D eigenvalue weighted by Gasteiger charge is 2.04. The van der Waals surface area contributed by atoms with E-state index in [2.05, 4.69) is 26.0 Å². The second kappa shape index (κ2) is 2.99. The third kappa shape index (κ3) is 1.42. The summed E-state index contributed by atoms with van der Waals surface area (Å²) in [7, 11) is 1.86. The van der Waals surface area contributed by atoms with Gasteiger partial charge in [0.05, 0.1) is 8.66 Å². The summed E-state index contributed by atoms with van der Waals surface area (Å²) in [4.78, 5) is 5.23. The van der Waals surface area contributed by atoms with Gasteiger partial charge in [-0.15, -0.1) is 11.3 Å². The minimum absolute atomic E-state index is 0.785. The Labute approximate surface area is 82.2 Å². The molecule has 0 aromatic carbocycles. The summed E-state index contributed by atoms with van der Waals surface area (Å²) in [5.74, 6) is 0.785. The lowest BCUT2D eigenvalue weighted by Gasteiger charge is -1.84. The molecule has 0 aliphatic heterocycles. The summed E-state index contributed by atoms with van der Waals surface area (Å²) in [6.07, 6.45) is 1.70. The molecular formula is C7H6BrN3S. The predicted octanol–water partition coefficient (Wildman–Crippen LogP) is 2.31. The highest BCUT2D eigenvalue weighted by molar-refractivity contribution is 9.11. The molecule has 0 saturated carbocycles. The molecule has 2 aromatic rings. The van der Waals surface area contributed by atoms with Crippen LogP contribution in [0.25, 0.3) is 10.7 Å². The van der Waals surface area contributed by atoms with Crippen molar-refractivity contribution in [2.75, 3.05) is 0 Å². The van der Waals surface area contributed by atoms with Crippen molar-refractivity contribution in [3.63, 3.8) is 0 Å². The number of nitrogens with zero attached hydrogens (tertiary/aromatic N) is 3. The predicted molar refractivity (Wildman–Crippen MR) is 52.0 cm³/mol. The SMILES string of the molecule is Cn1cnc(-c2ccc(Br)s2)n1. The van der Waals surface area contributed by atoms with Crippen LogP contribution in [-0.4, -0.2) is 14.8 Å². The van der Waals surface area contributed by atoms with E-state index in [0.29, 0.717) is 0 Å². The van der Waals surface area contributed by atoms with E-state index in [0.717, 1.165) is 14.5 Å². The first-order chi connectivity index (χ1) is 5.75. The smallest absolute Gasteiger partial charge is 0.191 e. The molecular weight excluding hydrogens is 238 g/mol. The van der Waals surface area contributed by atoms with E-state index in [4.69, 9.17) is 0 Å². The van der Waals surface area contributed by atoms with Gasteiger partial charge in [0.2, 0.25) is 0 Å². The van der Waals surface area contributed by atoms with Gasteiger partial charge in [0.25, 0.3) is 0 Å². The number of hydrogen-bond acceptors (Lipinski definition) is 3. The van der Waals surface area contributed by atoms with Crippen LogP contribution in [0, 0.1) is 0 Å². The molecule has 0 amide bonds. The Morgan fingerprint density at radius 3 is 2.83 bits per heavy atom. The van der Waals surface area contributed by atoms with E-state index >= 15 is 0 Å². The maximum Gasteiger partial charge on any atom is 0.191 e. The quantitative estimate of drug-likeness (QED) is 0.770. The van der Waals surface area contributed by atoms with Crippen molar-refractivity contribution < 1.29 is 0 Å². The van der Waals surface area contributed by atoms with Crippen LogP contribution in [-0.2, 0) is 7.05 Å². The van der Waals surface area contributed by atoms with Crippen molar-refractivity contribution in [3.8, 4) is 10.7 Å². The fourth-order valence-electron chi connectivity index (χ4n) is 0.887. The highest BCUT2D eigenvalue weighted by Crippen LogP contribution is 2.28. The Morgan fingerprint density at radius 1 is 1.50 bits per heavy atom. The van der Waals surface area contributed by atoms with Gasteiger partial charge in [-0.2, -0.15) is 5.10 Å². The van der Waals surface area contributed by atoms with Crippen molar-refractivity contribution in [2.45, 2.75) is 0 Å². The van der Waals surface area contributed by atoms with Crippen LogP contribution in [0.3, 0.4) is 0 Å². The molecule has 62 valence electrons. The standard InChI is InChI=1S/C7H6BrN3S/c1-11-4-9-7(10-11)5-2-3-6(8)12-5/h2-4H,1H3. The maximum absolute atomic E-state index is 4.19. The van der Waals surface area contributed by atoms with Gasteiger partial charge in [0.15, 0.2) is 5.82 Å². The van der Waals surface area contributed by atoms with Crippen LogP contribution in [0.15, 0.2) is 22.2 Å². The lowest BCUT2D eigenvalue weighted by atomic mass is 10.4. The van der Waals surface area contributed by atoms with E-state index in [9.17, 15) is 0 Å². The second-order valence-electron chi connectivity index (χ2n) is 2.35. The number of aryl methyl sites for hydroxylation is 1. The lowest BCUT2D eigenvalue weighted by Crippen LogP contribution is -1.86. The molecule has 3 nitrogen and oxygen atoms in total. The lowest BCUT2D eigenvalue weighted by molar-refractivity contribution is 0.768. The molecule has 0 radical (unpaired) electrons. The summed E-state index contributed by atoms with van der Waals surface area (Å²) >= 11 is 5.02. The third-order valence-corrected chi connectivity index (χ3v) is 3.01. The number of aromatic nitrogens is 3. The van der Waals surface area contributed by atoms with Crippen LogP contribution in [0.2, 0.25) is 0 Å². The summed E-state index contributed by atoms with van der Waals surface area (Å²) in [5, 5.41) is 4.19. The molecule has 12 heavy (non-hydrogen) atoms. The zero-order valence-electron chi connectivity index (χ0n) is 6.36. The molecule has 0 bridgehead atoms. The van der Waals surface area contributed by atoms with E-state index < -0.39 is 0 Å². The second-order valence-corrected chi connectivity index (χ2v) is 4.81. The summed E-state index contributed by atoms with van der Waals surface area (Å²) in [5.41, 5.74) is 0. The Balaban J connectivity index is 2.43. The van der Waals surface area contributed by atoms with Crippen molar-refractivity contribution in [2.24, 2.45) is 7.05 Å². The van der Waals surface area contributed by atoms with E-state index in [1.807, 2.05) is 19.2 Å². The largest absolute Gasteiger partial charge is 0.255 e. The first kappa shape index (κ1) is 7.94. The number of hydrogen-bond donors (Lipinski definition) is 0. The van der Waals surface area contributed by atoms with Gasteiger partial charge in [-0.05, 0) is 28.1 Å².